The number of alkyl halides is 1. The van der Waals surface area contributed by atoms with Crippen LogP contribution in [0.2, 0.25) is 0 Å². The van der Waals surface area contributed by atoms with Crippen molar-refractivity contribution in [3.05, 3.63) is 48.2 Å². The van der Waals surface area contributed by atoms with E-state index in [9.17, 15) is 4.79 Å². The molecule has 0 unspecified atom stereocenters. The molecule has 0 N–H and O–H groups in total. The van der Waals surface area contributed by atoms with Crippen molar-refractivity contribution in [3.8, 4) is 5.75 Å². The SMILES string of the molecule is O=C(Oc1ccccc1)c1ocnc1CBr. The predicted molar refractivity (Wildman–Crippen MR) is 60.5 cm³/mol. The monoisotopic (exact) mass is 281 g/mol. The van der Waals surface area contributed by atoms with Crippen molar-refractivity contribution in [2.75, 3.05) is 0 Å². The minimum absolute atomic E-state index is 0.126. The Bertz CT molecular complexity index is 481. The molecule has 0 aliphatic rings. The van der Waals surface area contributed by atoms with Gasteiger partial charge >= 0.3 is 5.97 Å². The Balaban J connectivity index is 2.15. The molecule has 0 atom stereocenters. The van der Waals surface area contributed by atoms with E-state index in [-0.39, 0.29) is 5.76 Å². The van der Waals surface area contributed by atoms with Gasteiger partial charge in [0, 0.05) is 5.33 Å². The first-order valence-corrected chi connectivity index (χ1v) is 5.69. The van der Waals surface area contributed by atoms with Crippen LogP contribution in [-0.2, 0) is 5.33 Å². The predicted octanol–water partition coefficient (Wildman–Crippen LogP) is 2.79. The van der Waals surface area contributed by atoms with Crippen molar-refractivity contribution in [3.63, 3.8) is 0 Å². The summed E-state index contributed by atoms with van der Waals surface area (Å²) in [5.74, 6) is 0.0586. The first kappa shape index (κ1) is 10.9. The molecular formula is C11H8BrNO3. The van der Waals surface area contributed by atoms with Crippen molar-refractivity contribution >= 4 is 21.9 Å². The summed E-state index contributed by atoms with van der Waals surface area (Å²) in [5, 5.41) is 0.447. The lowest BCUT2D eigenvalue weighted by Gasteiger charge is -2.01. The van der Waals surface area contributed by atoms with Crippen LogP contribution in [0.15, 0.2) is 41.1 Å². The Morgan fingerprint density at radius 1 is 1.38 bits per heavy atom. The molecular weight excluding hydrogens is 274 g/mol. The van der Waals surface area contributed by atoms with E-state index in [4.69, 9.17) is 9.15 Å². The summed E-state index contributed by atoms with van der Waals surface area (Å²) in [5.41, 5.74) is 0.529. The smallest absolute Gasteiger partial charge is 0.381 e. The van der Waals surface area contributed by atoms with Gasteiger partial charge in [0.2, 0.25) is 5.76 Å². The number of nitrogens with zero attached hydrogens (tertiary/aromatic N) is 1. The molecule has 0 saturated carbocycles. The number of esters is 1. The van der Waals surface area contributed by atoms with Gasteiger partial charge in [-0.05, 0) is 12.1 Å². The van der Waals surface area contributed by atoms with Crippen molar-refractivity contribution in [1.29, 1.82) is 0 Å². The number of hydrogen-bond acceptors (Lipinski definition) is 4. The van der Waals surface area contributed by atoms with E-state index in [1.807, 2.05) is 6.07 Å². The minimum atomic E-state index is -0.543. The maximum Gasteiger partial charge on any atom is 0.381 e. The molecule has 0 radical (unpaired) electrons. The third-order valence-electron chi connectivity index (χ3n) is 1.91. The van der Waals surface area contributed by atoms with E-state index in [2.05, 4.69) is 20.9 Å². The number of para-hydroxylation sites is 1. The molecule has 0 spiro atoms. The van der Waals surface area contributed by atoms with Crippen LogP contribution in [0.3, 0.4) is 0 Å². The lowest BCUT2D eigenvalue weighted by atomic mass is 10.3. The zero-order valence-electron chi connectivity index (χ0n) is 8.22. The van der Waals surface area contributed by atoms with E-state index >= 15 is 0 Å². The van der Waals surface area contributed by atoms with Crippen LogP contribution in [0, 0.1) is 0 Å². The molecule has 0 saturated heterocycles. The van der Waals surface area contributed by atoms with Gasteiger partial charge in [-0.15, -0.1) is 0 Å². The Morgan fingerprint density at radius 3 is 2.81 bits per heavy atom. The summed E-state index contributed by atoms with van der Waals surface area (Å²) in [6.07, 6.45) is 1.22. The highest BCUT2D eigenvalue weighted by molar-refractivity contribution is 9.08. The third kappa shape index (κ3) is 2.30. The normalized spacial score (nSPS) is 10.1. The van der Waals surface area contributed by atoms with Gasteiger partial charge in [-0.25, -0.2) is 9.78 Å². The van der Waals surface area contributed by atoms with Crippen LogP contribution >= 0.6 is 15.9 Å². The molecule has 2 aromatic rings. The van der Waals surface area contributed by atoms with Crippen LogP contribution in [0.4, 0.5) is 0 Å². The molecule has 0 fully saturated rings. The van der Waals surface area contributed by atoms with E-state index in [1.54, 1.807) is 24.3 Å². The lowest BCUT2D eigenvalue weighted by molar-refractivity contribution is 0.0700. The van der Waals surface area contributed by atoms with Gasteiger partial charge in [0.15, 0.2) is 6.39 Å². The average molecular weight is 282 g/mol. The fourth-order valence-corrected chi connectivity index (χ4v) is 1.57. The first-order valence-electron chi connectivity index (χ1n) is 4.57. The maximum atomic E-state index is 11.7. The molecule has 2 rings (SSSR count). The topological polar surface area (TPSA) is 52.3 Å². The second-order valence-corrected chi connectivity index (χ2v) is 3.53. The summed E-state index contributed by atoms with van der Waals surface area (Å²) >= 11 is 3.21. The van der Waals surface area contributed by atoms with Crippen LogP contribution in [0.25, 0.3) is 0 Å². The van der Waals surface area contributed by atoms with E-state index in [1.165, 1.54) is 6.39 Å². The largest absolute Gasteiger partial charge is 0.436 e. The fraction of sp³-hybridized carbons (Fsp3) is 0.0909. The van der Waals surface area contributed by atoms with Gasteiger partial charge in [0.1, 0.15) is 11.4 Å². The van der Waals surface area contributed by atoms with Crippen LogP contribution in [-0.4, -0.2) is 11.0 Å². The number of ether oxygens (including phenoxy) is 1. The molecule has 0 bridgehead atoms. The maximum absolute atomic E-state index is 11.7. The first-order chi connectivity index (χ1) is 7.81. The average Bonchev–Trinajstić information content (AvgIpc) is 2.78. The quantitative estimate of drug-likeness (QED) is 0.493. The van der Waals surface area contributed by atoms with E-state index in [0.717, 1.165) is 0 Å². The number of carbonyl (C=O) groups is 1. The van der Waals surface area contributed by atoms with Crippen molar-refractivity contribution in [1.82, 2.24) is 4.98 Å². The molecule has 0 aliphatic heterocycles. The van der Waals surface area contributed by atoms with Crippen molar-refractivity contribution < 1.29 is 13.9 Å². The Labute approximate surface area is 100 Å². The van der Waals surface area contributed by atoms with Gasteiger partial charge in [0.05, 0.1) is 0 Å². The van der Waals surface area contributed by atoms with Gasteiger partial charge in [-0.3, -0.25) is 0 Å². The number of halogens is 1. The highest BCUT2D eigenvalue weighted by Gasteiger charge is 2.18. The summed E-state index contributed by atoms with van der Waals surface area (Å²) < 4.78 is 10.1. The fourth-order valence-electron chi connectivity index (χ4n) is 1.17. The highest BCUT2D eigenvalue weighted by Crippen LogP contribution is 2.15. The number of hydrogen-bond donors (Lipinski definition) is 0. The summed E-state index contributed by atoms with van der Waals surface area (Å²) in [6.45, 7) is 0. The van der Waals surface area contributed by atoms with Gasteiger partial charge in [0.25, 0.3) is 0 Å². The molecule has 1 aromatic heterocycles. The standard InChI is InChI=1S/C11H8BrNO3/c12-6-9-10(15-7-13-9)11(14)16-8-4-2-1-3-5-8/h1-5,7H,6H2. The molecule has 1 aromatic carbocycles. The number of carbonyl (C=O) groups excluding carboxylic acids is 1. The van der Waals surface area contributed by atoms with Crippen LogP contribution in [0.5, 0.6) is 5.75 Å². The second-order valence-electron chi connectivity index (χ2n) is 2.96. The Morgan fingerprint density at radius 2 is 2.12 bits per heavy atom. The lowest BCUT2D eigenvalue weighted by Crippen LogP contribution is -2.09. The summed E-state index contributed by atoms with van der Waals surface area (Å²) in [4.78, 5) is 15.6. The number of benzene rings is 1. The third-order valence-corrected chi connectivity index (χ3v) is 2.44. The van der Waals surface area contributed by atoms with Gasteiger partial charge in [-0.1, -0.05) is 34.1 Å². The Kier molecular flexibility index (Phi) is 3.36. The molecule has 4 nitrogen and oxygen atoms in total. The van der Waals surface area contributed by atoms with Crippen molar-refractivity contribution in [2.24, 2.45) is 0 Å². The zero-order chi connectivity index (χ0) is 11.4. The van der Waals surface area contributed by atoms with E-state index in [0.29, 0.717) is 16.8 Å². The second kappa shape index (κ2) is 4.94. The molecule has 0 amide bonds. The van der Waals surface area contributed by atoms with Gasteiger partial charge in [-0.2, -0.15) is 0 Å². The number of aromatic nitrogens is 1. The molecule has 1 heterocycles. The minimum Gasteiger partial charge on any atom is -0.436 e. The molecule has 16 heavy (non-hydrogen) atoms. The molecule has 82 valence electrons. The summed E-state index contributed by atoms with van der Waals surface area (Å²) in [6, 6.07) is 8.81. The Hall–Kier alpha value is -1.62. The summed E-state index contributed by atoms with van der Waals surface area (Å²) in [7, 11) is 0. The highest BCUT2D eigenvalue weighted by atomic mass is 79.9. The molecule has 5 heteroatoms. The van der Waals surface area contributed by atoms with Crippen LogP contribution < -0.4 is 4.74 Å². The number of rotatable bonds is 3. The van der Waals surface area contributed by atoms with Crippen molar-refractivity contribution in [2.45, 2.75) is 5.33 Å². The van der Waals surface area contributed by atoms with Crippen LogP contribution in [0.1, 0.15) is 16.2 Å². The molecule has 0 aliphatic carbocycles. The van der Waals surface area contributed by atoms with E-state index < -0.39 is 5.97 Å². The zero-order valence-corrected chi connectivity index (χ0v) is 9.81. The number of oxazole rings is 1. The van der Waals surface area contributed by atoms with Gasteiger partial charge < -0.3 is 9.15 Å².